The van der Waals surface area contributed by atoms with Gasteiger partial charge in [0.1, 0.15) is 6.61 Å². The minimum Gasteiger partial charge on any atom is -0.473 e. The third kappa shape index (κ3) is 2.66. The molecule has 98 valence electrons. The second-order valence-electron chi connectivity index (χ2n) is 4.25. The molecule has 0 atom stereocenters. The average molecular weight is 322 g/mol. The van der Waals surface area contributed by atoms with Gasteiger partial charge in [0.15, 0.2) is 11.5 Å². The van der Waals surface area contributed by atoms with Crippen molar-refractivity contribution in [2.45, 2.75) is 13.5 Å². The Hall–Kier alpha value is -1.75. The van der Waals surface area contributed by atoms with Gasteiger partial charge < -0.3 is 14.2 Å². The standard InChI is InChI=1S/C14H12BrNO3/c1-9-4-14(16-6-11(9)15)17-7-10-2-3-12-13(5-10)19-8-18-12/h2-6H,7-8H2,1H3. The van der Waals surface area contributed by atoms with E-state index in [1.165, 1.54) is 0 Å². The van der Waals surface area contributed by atoms with Crippen LogP contribution in [0.15, 0.2) is 34.9 Å². The Morgan fingerprint density at radius 3 is 2.95 bits per heavy atom. The smallest absolute Gasteiger partial charge is 0.231 e. The summed E-state index contributed by atoms with van der Waals surface area (Å²) in [5, 5.41) is 0. The lowest BCUT2D eigenvalue weighted by atomic mass is 10.2. The minimum atomic E-state index is 0.285. The van der Waals surface area contributed by atoms with Crippen molar-refractivity contribution in [1.82, 2.24) is 4.98 Å². The highest BCUT2D eigenvalue weighted by atomic mass is 79.9. The number of nitrogens with zero attached hydrogens (tertiary/aromatic N) is 1. The Morgan fingerprint density at radius 1 is 1.26 bits per heavy atom. The maximum Gasteiger partial charge on any atom is 0.231 e. The summed E-state index contributed by atoms with van der Waals surface area (Å²) in [5.74, 6) is 2.15. The first-order valence-electron chi connectivity index (χ1n) is 5.86. The summed E-state index contributed by atoms with van der Waals surface area (Å²) in [6, 6.07) is 7.67. The molecule has 1 aromatic heterocycles. The SMILES string of the molecule is Cc1cc(OCc2ccc3c(c2)OCO3)ncc1Br. The predicted octanol–water partition coefficient (Wildman–Crippen LogP) is 3.46. The lowest BCUT2D eigenvalue weighted by Crippen LogP contribution is -1.97. The van der Waals surface area contributed by atoms with Gasteiger partial charge in [-0.3, -0.25) is 0 Å². The maximum atomic E-state index is 5.66. The molecule has 1 aromatic carbocycles. The van der Waals surface area contributed by atoms with Crippen LogP contribution in [0.1, 0.15) is 11.1 Å². The molecule has 0 radical (unpaired) electrons. The third-order valence-electron chi connectivity index (χ3n) is 2.85. The van der Waals surface area contributed by atoms with Gasteiger partial charge >= 0.3 is 0 Å². The molecule has 19 heavy (non-hydrogen) atoms. The van der Waals surface area contributed by atoms with E-state index in [9.17, 15) is 0 Å². The van der Waals surface area contributed by atoms with Crippen molar-refractivity contribution < 1.29 is 14.2 Å². The second kappa shape index (κ2) is 5.09. The Kier molecular flexibility index (Phi) is 3.29. The highest BCUT2D eigenvalue weighted by Crippen LogP contribution is 2.32. The third-order valence-corrected chi connectivity index (χ3v) is 3.68. The van der Waals surface area contributed by atoms with Gasteiger partial charge in [-0.05, 0) is 46.1 Å². The fraction of sp³-hybridized carbons (Fsp3) is 0.214. The number of pyridine rings is 1. The zero-order valence-corrected chi connectivity index (χ0v) is 11.9. The van der Waals surface area contributed by atoms with Crippen LogP contribution in [0.4, 0.5) is 0 Å². The number of aryl methyl sites for hydroxylation is 1. The van der Waals surface area contributed by atoms with E-state index in [2.05, 4.69) is 20.9 Å². The molecule has 0 aliphatic carbocycles. The quantitative estimate of drug-likeness (QED) is 0.868. The normalized spacial score (nSPS) is 12.5. The number of aromatic nitrogens is 1. The van der Waals surface area contributed by atoms with Gasteiger partial charge in [-0.15, -0.1) is 0 Å². The number of ether oxygens (including phenoxy) is 3. The summed E-state index contributed by atoms with van der Waals surface area (Å²) in [7, 11) is 0. The van der Waals surface area contributed by atoms with Crippen molar-refractivity contribution in [3.63, 3.8) is 0 Å². The summed E-state index contributed by atoms with van der Waals surface area (Å²) < 4.78 is 17.2. The number of benzene rings is 1. The Morgan fingerprint density at radius 2 is 2.11 bits per heavy atom. The molecule has 0 bridgehead atoms. The highest BCUT2D eigenvalue weighted by Gasteiger charge is 2.13. The van der Waals surface area contributed by atoms with Crippen molar-refractivity contribution in [2.75, 3.05) is 6.79 Å². The van der Waals surface area contributed by atoms with E-state index >= 15 is 0 Å². The highest BCUT2D eigenvalue weighted by molar-refractivity contribution is 9.10. The van der Waals surface area contributed by atoms with Crippen LogP contribution in [0.2, 0.25) is 0 Å². The molecule has 4 nitrogen and oxygen atoms in total. The van der Waals surface area contributed by atoms with Gasteiger partial charge in [0.05, 0.1) is 0 Å². The van der Waals surface area contributed by atoms with E-state index in [0.29, 0.717) is 12.5 Å². The molecule has 0 fully saturated rings. The average Bonchev–Trinajstić information content (AvgIpc) is 2.87. The largest absolute Gasteiger partial charge is 0.473 e. The van der Waals surface area contributed by atoms with E-state index in [0.717, 1.165) is 27.1 Å². The van der Waals surface area contributed by atoms with E-state index in [1.54, 1.807) is 6.20 Å². The van der Waals surface area contributed by atoms with Crippen molar-refractivity contribution in [2.24, 2.45) is 0 Å². The fourth-order valence-corrected chi connectivity index (χ4v) is 2.00. The van der Waals surface area contributed by atoms with Gasteiger partial charge in [0.2, 0.25) is 12.7 Å². The molecular formula is C14H12BrNO3. The van der Waals surface area contributed by atoms with Gasteiger partial charge in [-0.2, -0.15) is 0 Å². The molecule has 5 heteroatoms. The van der Waals surface area contributed by atoms with Gasteiger partial charge in [-0.25, -0.2) is 4.98 Å². The zero-order chi connectivity index (χ0) is 13.2. The molecule has 2 aromatic rings. The van der Waals surface area contributed by atoms with E-state index in [1.807, 2.05) is 31.2 Å². The molecule has 0 unspecified atom stereocenters. The Bertz CT molecular complexity index is 616. The summed E-state index contributed by atoms with van der Waals surface area (Å²) in [6.45, 7) is 2.73. The van der Waals surface area contributed by atoms with Gasteiger partial charge in [0, 0.05) is 16.7 Å². The number of halogens is 1. The topological polar surface area (TPSA) is 40.6 Å². The summed E-state index contributed by atoms with van der Waals surface area (Å²) in [6.07, 6.45) is 1.74. The first-order chi connectivity index (χ1) is 9.22. The molecule has 0 spiro atoms. The van der Waals surface area contributed by atoms with Crippen molar-refractivity contribution >= 4 is 15.9 Å². The first-order valence-corrected chi connectivity index (χ1v) is 6.65. The fourth-order valence-electron chi connectivity index (χ4n) is 1.78. The summed E-state index contributed by atoms with van der Waals surface area (Å²) in [4.78, 5) is 4.20. The first kappa shape index (κ1) is 12.3. The van der Waals surface area contributed by atoms with E-state index in [-0.39, 0.29) is 6.79 Å². The number of hydrogen-bond acceptors (Lipinski definition) is 4. The molecule has 1 aliphatic heterocycles. The van der Waals surface area contributed by atoms with Gasteiger partial charge in [-0.1, -0.05) is 6.07 Å². The molecule has 1 aliphatic rings. The summed E-state index contributed by atoms with van der Waals surface area (Å²) >= 11 is 3.41. The molecule has 0 saturated carbocycles. The van der Waals surface area contributed by atoms with Crippen LogP contribution >= 0.6 is 15.9 Å². The van der Waals surface area contributed by atoms with E-state index < -0.39 is 0 Å². The molecule has 2 heterocycles. The predicted molar refractivity (Wildman–Crippen MR) is 73.6 cm³/mol. The molecule has 3 rings (SSSR count). The van der Waals surface area contributed by atoms with Crippen LogP contribution < -0.4 is 14.2 Å². The summed E-state index contributed by atoms with van der Waals surface area (Å²) in [5.41, 5.74) is 2.11. The Labute approximate surface area is 119 Å². The van der Waals surface area contributed by atoms with Crippen LogP contribution in [0.3, 0.4) is 0 Å². The van der Waals surface area contributed by atoms with Crippen molar-refractivity contribution in [3.8, 4) is 17.4 Å². The zero-order valence-electron chi connectivity index (χ0n) is 10.4. The van der Waals surface area contributed by atoms with Crippen LogP contribution in [0.25, 0.3) is 0 Å². The second-order valence-corrected chi connectivity index (χ2v) is 5.10. The van der Waals surface area contributed by atoms with E-state index in [4.69, 9.17) is 14.2 Å². The van der Waals surface area contributed by atoms with Crippen molar-refractivity contribution in [1.29, 1.82) is 0 Å². The lowest BCUT2D eigenvalue weighted by molar-refractivity contribution is 0.174. The van der Waals surface area contributed by atoms with Crippen LogP contribution in [0, 0.1) is 6.92 Å². The Balaban J connectivity index is 1.70. The minimum absolute atomic E-state index is 0.285. The van der Waals surface area contributed by atoms with Crippen molar-refractivity contribution in [3.05, 3.63) is 46.1 Å². The monoisotopic (exact) mass is 321 g/mol. The van der Waals surface area contributed by atoms with Crippen LogP contribution in [0.5, 0.6) is 17.4 Å². The molecule has 0 amide bonds. The lowest BCUT2D eigenvalue weighted by Gasteiger charge is -2.07. The van der Waals surface area contributed by atoms with Crippen LogP contribution in [-0.4, -0.2) is 11.8 Å². The molecular weight excluding hydrogens is 310 g/mol. The number of fused-ring (bicyclic) bond motifs is 1. The number of hydrogen-bond donors (Lipinski definition) is 0. The molecule has 0 N–H and O–H groups in total. The van der Waals surface area contributed by atoms with Crippen LogP contribution in [-0.2, 0) is 6.61 Å². The molecule has 0 saturated heterocycles. The van der Waals surface area contributed by atoms with Gasteiger partial charge in [0.25, 0.3) is 0 Å². The maximum absolute atomic E-state index is 5.66. The number of rotatable bonds is 3.